The first kappa shape index (κ1) is 23.1. The maximum atomic E-state index is 12.3. The second kappa shape index (κ2) is 12.4. The number of unbranched alkanes of at least 4 members (excludes halogenated alkanes) is 3. The Balaban J connectivity index is 2.66. The van der Waals surface area contributed by atoms with Crippen molar-refractivity contribution in [1.82, 2.24) is 0 Å². The number of nitrogens with two attached hydrogens (primary N) is 1. The number of hydrogen-bond donors (Lipinski definition) is 3. The predicted molar refractivity (Wildman–Crippen MR) is 104 cm³/mol. The van der Waals surface area contributed by atoms with Crippen LogP contribution in [-0.2, 0) is 14.4 Å². The van der Waals surface area contributed by atoms with E-state index < -0.39 is 23.9 Å². The van der Waals surface area contributed by atoms with Gasteiger partial charge in [-0.2, -0.15) is 0 Å². The van der Waals surface area contributed by atoms with Crippen molar-refractivity contribution in [1.29, 1.82) is 0 Å². The monoisotopic (exact) mass is 379 g/mol. The molecule has 4 atom stereocenters. The number of carboxylic acids is 1. The average Bonchev–Trinajstić information content (AvgIpc) is 2.92. The standard InChI is InChI=1S/C21H33NO5/c1-2-3-6-9-15(23)12-13-16-17(19(24)14-18(16)21(22)27)10-7-4-5-8-11-20(25)26/h4,7,12-13,15-18,23H,2-3,5-6,8-11,14H2,1H3,(H2,22,27)(H,25,26). The summed E-state index contributed by atoms with van der Waals surface area (Å²) in [5.41, 5.74) is 5.48. The lowest BCUT2D eigenvalue weighted by atomic mass is 9.86. The Bertz CT molecular complexity index is 555. The fourth-order valence-corrected chi connectivity index (χ4v) is 3.53. The second-order valence-corrected chi connectivity index (χ2v) is 7.30. The molecule has 1 aliphatic carbocycles. The number of allylic oxidation sites excluding steroid dienone is 3. The summed E-state index contributed by atoms with van der Waals surface area (Å²) in [6.45, 7) is 2.10. The van der Waals surface area contributed by atoms with E-state index >= 15 is 0 Å². The number of aliphatic hydroxyl groups excluding tert-OH is 1. The van der Waals surface area contributed by atoms with Gasteiger partial charge in [-0.05, 0) is 31.6 Å². The van der Waals surface area contributed by atoms with E-state index in [1.165, 1.54) is 0 Å². The number of hydrogen-bond acceptors (Lipinski definition) is 4. The first-order valence-electron chi connectivity index (χ1n) is 9.92. The highest BCUT2D eigenvalue weighted by Gasteiger charge is 2.42. The zero-order valence-electron chi connectivity index (χ0n) is 16.2. The van der Waals surface area contributed by atoms with Crippen molar-refractivity contribution in [3.8, 4) is 0 Å². The van der Waals surface area contributed by atoms with Crippen molar-refractivity contribution in [3.05, 3.63) is 24.3 Å². The Hall–Kier alpha value is -1.95. The van der Waals surface area contributed by atoms with E-state index in [1.54, 1.807) is 12.2 Å². The molecule has 0 bridgehead atoms. The number of ketones is 1. The van der Waals surface area contributed by atoms with Crippen LogP contribution >= 0.6 is 0 Å². The van der Waals surface area contributed by atoms with Crippen LogP contribution in [0.25, 0.3) is 0 Å². The average molecular weight is 379 g/mol. The highest BCUT2D eigenvalue weighted by molar-refractivity contribution is 5.92. The summed E-state index contributed by atoms with van der Waals surface area (Å²) in [7, 11) is 0. The SMILES string of the molecule is CCCCCC(O)C=CC1C(C(N)=O)CC(=O)C1CC=CCCCC(=O)O. The molecule has 0 aromatic heterocycles. The van der Waals surface area contributed by atoms with E-state index in [-0.39, 0.29) is 30.5 Å². The molecule has 1 rings (SSSR count). The van der Waals surface area contributed by atoms with Crippen LogP contribution in [-0.4, -0.2) is 34.0 Å². The van der Waals surface area contributed by atoms with Gasteiger partial charge in [-0.1, -0.05) is 50.5 Å². The van der Waals surface area contributed by atoms with Gasteiger partial charge in [0, 0.05) is 18.8 Å². The molecule has 6 nitrogen and oxygen atoms in total. The van der Waals surface area contributed by atoms with Crippen LogP contribution in [0.1, 0.15) is 64.7 Å². The van der Waals surface area contributed by atoms with Gasteiger partial charge in [-0.3, -0.25) is 14.4 Å². The Morgan fingerprint density at radius 3 is 2.63 bits per heavy atom. The third-order valence-electron chi connectivity index (χ3n) is 5.11. The molecule has 0 aromatic carbocycles. The van der Waals surface area contributed by atoms with Gasteiger partial charge in [-0.25, -0.2) is 0 Å². The molecule has 4 N–H and O–H groups in total. The minimum absolute atomic E-state index is 0.0177. The first-order chi connectivity index (χ1) is 12.9. The fourth-order valence-electron chi connectivity index (χ4n) is 3.53. The van der Waals surface area contributed by atoms with Crippen LogP contribution in [0.2, 0.25) is 0 Å². The van der Waals surface area contributed by atoms with Crippen molar-refractivity contribution >= 4 is 17.7 Å². The van der Waals surface area contributed by atoms with Crippen LogP contribution in [0.5, 0.6) is 0 Å². The number of carbonyl (C=O) groups is 3. The van der Waals surface area contributed by atoms with Gasteiger partial charge in [0.15, 0.2) is 0 Å². The summed E-state index contributed by atoms with van der Waals surface area (Å²) in [5, 5.41) is 18.7. The molecule has 1 amide bonds. The van der Waals surface area contributed by atoms with Crippen LogP contribution in [0.15, 0.2) is 24.3 Å². The fraction of sp³-hybridized carbons (Fsp3) is 0.667. The number of carbonyl (C=O) groups excluding carboxylic acids is 2. The van der Waals surface area contributed by atoms with E-state index in [4.69, 9.17) is 10.8 Å². The van der Waals surface area contributed by atoms with E-state index in [1.807, 2.05) is 12.2 Å². The van der Waals surface area contributed by atoms with Gasteiger partial charge in [0.25, 0.3) is 0 Å². The topological polar surface area (TPSA) is 118 Å². The van der Waals surface area contributed by atoms with Crippen molar-refractivity contribution < 1.29 is 24.6 Å². The lowest BCUT2D eigenvalue weighted by molar-refractivity contribution is -0.137. The lowest BCUT2D eigenvalue weighted by Crippen LogP contribution is -2.27. The number of rotatable bonds is 13. The van der Waals surface area contributed by atoms with Gasteiger partial charge in [-0.15, -0.1) is 0 Å². The Morgan fingerprint density at radius 2 is 2.00 bits per heavy atom. The van der Waals surface area contributed by atoms with Crippen LogP contribution in [0.4, 0.5) is 0 Å². The summed E-state index contributed by atoms with van der Waals surface area (Å²) < 4.78 is 0. The third kappa shape index (κ3) is 8.52. The molecule has 152 valence electrons. The van der Waals surface area contributed by atoms with Gasteiger partial charge in [0.1, 0.15) is 5.78 Å². The van der Waals surface area contributed by atoms with Crippen molar-refractivity contribution in [3.63, 3.8) is 0 Å². The Morgan fingerprint density at radius 1 is 1.26 bits per heavy atom. The highest BCUT2D eigenvalue weighted by Crippen LogP contribution is 2.38. The number of primary amides is 1. The minimum atomic E-state index is -0.818. The van der Waals surface area contributed by atoms with Crippen LogP contribution in [0, 0.1) is 17.8 Å². The quantitative estimate of drug-likeness (QED) is 0.336. The maximum Gasteiger partial charge on any atom is 0.303 e. The van der Waals surface area contributed by atoms with Crippen LogP contribution < -0.4 is 5.73 Å². The minimum Gasteiger partial charge on any atom is -0.481 e. The summed E-state index contributed by atoms with van der Waals surface area (Å²) in [6.07, 6.45) is 12.4. The molecule has 0 aromatic rings. The molecule has 6 heteroatoms. The van der Waals surface area contributed by atoms with Crippen molar-refractivity contribution in [2.45, 2.75) is 70.8 Å². The first-order valence-corrected chi connectivity index (χ1v) is 9.92. The molecule has 0 saturated heterocycles. The number of aliphatic hydroxyl groups is 1. The van der Waals surface area contributed by atoms with Crippen molar-refractivity contribution in [2.24, 2.45) is 23.5 Å². The van der Waals surface area contributed by atoms with Gasteiger partial charge < -0.3 is 15.9 Å². The smallest absolute Gasteiger partial charge is 0.303 e. The highest BCUT2D eigenvalue weighted by atomic mass is 16.4. The zero-order chi connectivity index (χ0) is 20.2. The molecule has 0 heterocycles. The molecule has 4 unspecified atom stereocenters. The Labute approximate surface area is 161 Å². The summed E-state index contributed by atoms with van der Waals surface area (Å²) in [5.74, 6) is -2.42. The Kier molecular flexibility index (Phi) is 10.6. The molecule has 0 aliphatic heterocycles. The van der Waals surface area contributed by atoms with Gasteiger partial charge in [0.2, 0.25) is 5.91 Å². The zero-order valence-corrected chi connectivity index (χ0v) is 16.2. The molecular weight excluding hydrogens is 346 g/mol. The van der Waals surface area contributed by atoms with E-state index in [0.29, 0.717) is 25.7 Å². The van der Waals surface area contributed by atoms with Gasteiger partial charge in [0.05, 0.1) is 12.0 Å². The van der Waals surface area contributed by atoms with Gasteiger partial charge >= 0.3 is 5.97 Å². The summed E-state index contributed by atoms with van der Waals surface area (Å²) in [6, 6.07) is 0. The number of aliphatic carboxylic acids is 1. The molecule has 1 saturated carbocycles. The third-order valence-corrected chi connectivity index (χ3v) is 5.11. The lowest BCUT2D eigenvalue weighted by Gasteiger charge is -2.18. The maximum absolute atomic E-state index is 12.3. The van der Waals surface area contributed by atoms with Crippen molar-refractivity contribution in [2.75, 3.05) is 0 Å². The normalized spacial score (nSPS) is 24.1. The molecule has 1 fully saturated rings. The van der Waals surface area contributed by atoms with Crippen LogP contribution in [0.3, 0.4) is 0 Å². The molecule has 1 aliphatic rings. The van der Waals surface area contributed by atoms with E-state index in [0.717, 1.165) is 19.3 Å². The second-order valence-electron chi connectivity index (χ2n) is 7.30. The summed E-state index contributed by atoms with van der Waals surface area (Å²) >= 11 is 0. The molecule has 27 heavy (non-hydrogen) atoms. The largest absolute Gasteiger partial charge is 0.481 e. The number of Topliss-reactive ketones (excluding diaryl/α,β-unsaturated/α-hetero) is 1. The number of carboxylic acid groups (broad SMARTS) is 1. The van der Waals surface area contributed by atoms with E-state index in [2.05, 4.69) is 6.92 Å². The predicted octanol–water partition coefficient (Wildman–Crippen LogP) is 2.99. The van der Waals surface area contributed by atoms with E-state index in [9.17, 15) is 19.5 Å². The molecule has 0 spiro atoms. The molecule has 0 radical (unpaired) electrons. The molecular formula is C21H33NO5. The summed E-state index contributed by atoms with van der Waals surface area (Å²) in [4.78, 5) is 34.6. The number of amides is 1.